The molecule has 0 aliphatic heterocycles. The Morgan fingerprint density at radius 3 is 2.95 bits per heavy atom. The number of H-pyrrole nitrogens is 1. The summed E-state index contributed by atoms with van der Waals surface area (Å²) in [4.78, 5) is 18.7. The normalized spacial score (nSPS) is 10.5. The van der Waals surface area contributed by atoms with Gasteiger partial charge in [-0.2, -0.15) is 0 Å². The Bertz CT molecular complexity index is 552. The van der Waals surface area contributed by atoms with Gasteiger partial charge in [-0.05, 0) is 18.9 Å². The third-order valence-corrected chi connectivity index (χ3v) is 3.14. The number of aryl methyl sites for hydroxylation is 1. The predicted molar refractivity (Wildman–Crippen MR) is 79.3 cm³/mol. The molecule has 0 atom stereocenters. The van der Waals surface area contributed by atoms with Gasteiger partial charge in [0, 0.05) is 31.2 Å². The maximum atomic E-state index is 11.6. The topological polar surface area (TPSA) is 75.2 Å². The average Bonchev–Trinajstić information content (AvgIpc) is 2.99. The summed E-state index contributed by atoms with van der Waals surface area (Å²) in [6, 6.07) is 7.54. The number of Topliss-reactive ketones (excluding diaryl/α,β-unsaturated/α-hetero) is 1. The van der Waals surface area contributed by atoms with Gasteiger partial charge in [-0.25, -0.2) is 4.98 Å². The van der Waals surface area contributed by atoms with E-state index in [0.29, 0.717) is 13.0 Å². The Kier molecular flexibility index (Phi) is 5.97. The van der Waals surface area contributed by atoms with Crippen LogP contribution in [-0.2, 0) is 17.6 Å². The standard InChI is InChI=1S/C16H20N2O3/c19-8-7-15(20)10-13-4-1-2-6-16(13)21-9-3-5-14-11-17-12-18-14/h1-2,4,6,11-12,19H,3,5,7-10H2,(H,17,18). The highest BCUT2D eigenvalue weighted by molar-refractivity contribution is 5.81. The second-order valence-electron chi connectivity index (χ2n) is 4.81. The summed E-state index contributed by atoms with van der Waals surface area (Å²) in [5.41, 5.74) is 1.89. The molecule has 0 fully saturated rings. The van der Waals surface area contributed by atoms with Crippen LogP contribution in [0.4, 0.5) is 0 Å². The van der Waals surface area contributed by atoms with E-state index in [-0.39, 0.29) is 18.8 Å². The number of hydrogen-bond acceptors (Lipinski definition) is 4. The molecule has 0 spiro atoms. The molecule has 5 nitrogen and oxygen atoms in total. The van der Waals surface area contributed by atoms with Crippen LogP contribution < -0.4 is 4.74 Å². The lowest BCUT2D eigenvalue weighted by Gasteiger charge is -2.10. The Morgan fingerprint density at radius 2 is 2.19 bits per heavy atom. The van der Waals surface area contributed by atoms with Gasteiger partial charge in [0.15, 0.2) is 0 Å². The van der Waals surface area contributed by atoms with Gasteiger partial charge in [-0.1, -0.05) is 18.2 Å². The van der Waals surface area contributed by atoms with Crippen LogP contribution in [0.5, 0.6) is 5.75 Å². The number of aromatic amines is 1. The van der Waals surface area contributed by atoms with Crippen molar-refractivity contribution in [1.82, 2.24) is 9.97 Å². The Morgan fingerprint density at radius 1 is 1.33 bits per heavy atom. The fourth-order valence-corrected chi connectivity index (χ4v) is 2.08. The number of carbonyl (C=O) groups is 1. The zero-order valence-electron chi connectivity index (χ0n) is 11.9. The molecular weight excluding hydrogens is 268 g/mol. The number of ether oxygens (including phenoxy) is 1. The minimum absolute atomic E-state index is 0.0186. The van der Waals surface area contributed by atoms with Crippen molar-refractivity contribution in [3.8, 4) is 5.75 Å². The molecule has 21 heavy (non-hydrogen) atoms. The highest BCUT2D eigenvalue weighted by Gasteiger charge is 2.08. The molecule has 1 heterocycles. The number of aliphatic hydroxyl groups is 1. The minimum atomic E-state index is -0.106. The Hall–Kier alpha value is -2.14. The molecule has 0 saturated carbocycles. The molecule has 112 valence electrons. The molecule has 0 unspecified atom stereocenters. The molecule has 5 heteroatoms. The van der Waals surface area contributed by atoms with E-state index in [4.69, 9.17) is 9.84 Å². The molecule has 1 aromatic heterocycles. The second kappa shape index (κ2) is 8.21. The van der Waals surface area contributed by atoms with Gasteiger partial charge in [-0.15, -0.1) is 0 Å². The maximum absolute atomic E-state index is 11.6. The Balaban J connectivity index is 1.83. The van der Waals surface area contributed by atoms with Gasteiger partial charge in [0.1, 0.15) is 11.5 Å². The molecule has 2 rings (SSSR count). The molecular formula is C16H20N2O3. The van der Waals surface area contributed by atoms with Crippen molar-refractivity contribution in [1.29, 1.82) is 0 Å². The monoisotopic (exact) mass is 288 g/mol. The number of para-hydroxylation sites is 1. The summed E-state index contributed by atoms with van der Waals surface area (Å²) in [5.74, 6) is 0.760. The van der Waals surface area contributed by atoms with E-state index < -0.39 is 0 Å². The van der Waals surface area contributed by atoms with E-state index in [9.17, 15) is 4.79 Å². The Labute approximate surface area is 124 Å². The number of nitrogens with one attached hydrogen (secondary N) is 1. The molecule has 0 aliphatic carbocycles. The number of aliphatic hydroxyl groups excluding tert-OH is 1. The quantitative estimate of drug-likeness (QED) is 0.691. The molecule has 1 aromatic carbocycles. The van der Waals surface area contributed by atoms with E-state index in [1.165, 1.54) is 0 Å². The first-order chi connectivity index (χ1) is 10.3. The van der Waals surface area contributed by atoms with Crippen LogP contribution in [0.3, 0.4) is 0 Å². The summed E-state index contributed by atoms with van der Waals surface area (Å²) in [7, 11) is 0. The molecule has 0 bridgehead atoms. The number of carbonyl (C=O) groups excluding carboxylic acids is 1. The van der Waals surface area contributed by atoms with Crippen molar-refractivity contribution >= 4 is 5.78 Å². The van der Waals surface area contributed by atoms with Gasteiger partial charge in [0.2, 0.25) is 0 Å². The fraction of sp³-hybridized carbons (Fsp3) is 0.375. The third kappa shape index (κ3) is 5.04. The fourth-order valence-electron chi connectivity index (χ4n) is 2.08. The zero-order chi connectivity index (χ0) is 14.9. The number of nitrogens with zero attached hydrogens (tertiary/aromatic N) is 1. The SMILES string of the molecule is O=C(CCO)Cc1ccccc1OCCCc1c[nH]cn1. The summed E-state index contributed by atoms with van der Waals surface area (Å²) in [6.07, 6.45) is 5.75. The van der Waals surface area contributed by atoms with Crippen LogP contribution in [0.15, 0.2) is 36.8 Å². The van der Waals surface area contributed by atoms with Gasteiger partial charge in [-0.3, -0.25) is 4.79 Å². The molecule has 0 aliphatic rings. The van der Waals surface area contributed by atoms with Gasteiger partial charge < -0.3 is 14.8 Å². The van der Waals surface area contributed by atoms with Crippen LogP contribution in [0.1, 0.15) is 24.1 Å². The molecule has 0 radical (unpaired) electrons. The number of benzene rings is 1. The van der Waals surface area contributed by atoms with E-state index in [2.05, 4.69) is 9.97 Å². The summed E-state index contributed by atoms with van der Waals surface area (Å²) < 4.78 is 5.76. The summed E-state index contributed by atoms with van der Waals surface area (Å²) in [5, 5.41) is 8.79. The van der Waals surface area contributed by atoms with Crippen molar-refractivity contribution in [3.05, 3.63) is 48.0 Å². The second-order valence-corrected chi connectivity index (χ2v) is 4.81. The first kappa shape index (κ1) is 15.3. The highest BCUT2D eigenvalue weighted by Crippen LogP contribution is 2.19. The zero-order valence-corrected chi connectivity index (χ0v) is 11.9. The van der Waals surface area contributed by atoms with E-state index in [0.717, 1.165) is 29.8 Å². The maximum Gasteiger partial charge on any atom is 0.139 e. The number of aromatic nitrogens is 2. The number of imidazole rings is 1. The molecule has 0 saturated heterocycles. The van der Waals surface area contributed by atoms with Gasteiger partial charge >= 0.3 is 0 Å². The molecule has 2 N–H and O–H groups in total. The van der Waals surface area contributed by atoms with Crippen LogP contribution in [0, 0.1) is 0 Å². The number of hydrogen-bond donors (Lipinski definition) is 2. The molecule has 0 amide bonds. The van der Waals surface area contributed by atoms with Gasteiger partial charge in [0.05, 0.1) is 18.6 Å². The van der Waals surface area contributed by atoms with E-state index in [1.54, 1.807) is 6.33 Å². The van der Waals surface area contributed by atoms with E-state index in [1.807, 2.05) is 30.5 Å². The number of rotatable bonds is 9. The first-order valence-electron chi connectivity index (χ1n) is 7.10. The minimum Gasteiger partial charge on any atom is -0.493 e. The summed E-state index contributed by atoms with van der Waals surface area (Å²) >= 11 is 0. The first-order valence-corrected chi connectivity index (χ1v) is 7.10. The highest BCUT2D eigenvalue weighted by atomic mass is 16.5. The molecule has 2 aromatic rings. The number of ketones is 1. The van der Waals surface area contributed by atoms with Crippen LogP contribution in [0.2, 0.25) is 0 Å². The average molecular weight is 288 g/mol. The predicted octanol–water partition coefficient (Wildman–Crippen LogP) is 1.92. The van der Waals surface area contributed by atoms with Crippen molar-refractivity contribution in [2.45, 2.75) is 25.7 Å². The largest absolute Gasteiger partial charge is 0.493 e. The van der Waals surface area contributed by atoms with E-state index >= 15 is 0 Å². The smallest absolute Gasteiger partial charge is 0.139 e. The van der Waals surface area contributed by atoms with Crippen LogP contribution in [-0.4, -0.2) is 34.1 Å². The lowest BCUT2D eigenvalue weighted by Crippen LogP contribution is -2.07. The lowest BCUT2D eigenvalue weighted by molar-refractivity contribution is -0.119. The van der Waals surface area contributed by atoms with Crippen LogP contribution >= 0.6 is 0 Å². The summed E-state index contributed by atoms with van der Waals surface area (Å²) in [6.45, 7) is 0.476. The van der Waals surface area contributed by atoms with Crippen molar-refractivity contribution in [2.75, 3.05) is 13.2 Å². The third-order valence-electron chi connectivity index (χ3n) is 3.14. The van der Waals surface area contributed by atoms with Crippen LogP contribution in [0.25, 0.3) is 0 Å². The van der Waals surface area contributed by atoms with Crippen molar-refractivity contribution < 1.29 is 14.6 Å². The van der Waals surface area contributed by atoms with Crippen molar-refractivity contribution in [2.24, 2.45) is 0 Å². The van der Waals surface area contributed by atoms with Gasteiger partial charge in [0.25, 0.3) is 0 Å². The van der Waals surface area contributed by atoms with Crippen molar-refractivity contribution in [3.63, 3.8) is 0 Å². The lowest BCUT2D eigenvalue weighted by atomic mass is 10.1.